The van der Waals surface area contributed by atoms with Crippen LogP contribution in [0.15, 0.2) is 0 Å². The van der Waals surface area contributed by atoms with Gasteiger partial charge in [0.2, 0.25) is 5.91 Å². The van der Waals surface area contributed by atoms with Crippen molar-refractivity contribution in [2.75, 3.05) is 13.7 Å². The lowest BCUT2D eigenvalue weighted by Crippen LogP contribution is -2.53. The molecule has 1 aliphatic rings. The lowest BCUT2D eigenvalue weighted by molar-refractivity contribution is -0.133. The number of carbonyl (C=O) groups is 1. The molecule has 0 aromatic carbocycles. The first kappa shape index (κ1) is 13.5. The summed E-state index contributed by atoms with van der Waals surface area (Å²) in [5.41, 5.74) is 5.36. The average molecular weight is 228 g/mol. The molecule has 0 aromatic rings. The maximum atomic E-state index is 12.1. The maximum absolute atomic E-state index is 12.1. The highest BCUT2D eigenvalue weighted by Gasteiger charge is 2.37. The largest absolute Gasteiger partial charge is 0.381 e. The monoisotopic (exact) mass is 228 g/mol. The predicted octanol–water partition coefficient (Wildman–Crippen LogP) is 1.05. The SMILES string of the molecule is CCC(CC)(CN)C(=O)NC1CC(OC)C1. The minimum Gasteiger partial charge on any atom is -0.381 e. The third kappa shape index (κ3) is 2.55. The van der Waals surface area contributed by atoms with Crippen LogP contribution < -0.4 is 11.1 Å². The van der Waals surface area contributed by atoms with Gasteiger partial charge in [-0.25, -0.2) is 0 Å². The summed E-state index contributed by atoms with van der Waals surface area (Å²) in [6, 6.07) is 0.279. The third-order valence-corrected chi connectivity index (χ3v) is 3.99. The Morgan fingerprint density at radius 2 is 2.00 bits per heavy atom. The molecule has 94 valence electrons. The van der Waals surface area contributed by atoms with Gasteiger partial charge in [0.25, 0.3) is 0 Å². The molecule has 4 heteroatoms. The van der Waals surface area contributed by atoms with E-state index in [1.54, 1.807) is 7.11 Å². The Morgan fingerprint density at radius 1 is 1.44 bits per heavy atom. The van der Waals surface area contributed by atoms with Gasteiger partial charge < -0.3 is 15.8 Å². The standard InChI is InChI=1S/C12H24N2O2/c1-4-12(5-2,8-13)11(15)14-9-6-10(7-9)16-3/h9-10H,4-8,13H2,1-3H3,(H,14,15). The van der Waals surface area contributed by atoms with E-state index in [1.807, 2.05) is 13.8 Å². The summed E-state index contributed by atoms with van der Waals surface area (Å²) >= 11 is 0. The minimum atomic E-state index is -0.377. The molecular formula is C12H24N2O2. The summed E-state index contributed by atoms with van der Waals surface area (Å²) in [7, 11) is 1.71. The van der Waals surface area contributed by atoms with Crippen LogP contribution in [0.1, 0.15) is 39.5 Å². The maximum Gasteiger partial charge on any atom is 0.227 e. The zero-order valence-electron chi connectivity index (χ0n) is 10.6. The Balaban J connectivity index is 2.45. The summed E-state index contributed by atoms with van der Waals surface area (Å²) in [5.74, 6) is 0.111. The molecule has 0 spiro atoms. The van der Waals surface area contributed by atoms with E-state index >= 15 is 0 Å². The van der Waals surface area contributed by atoms with Crippen LogP contribution in [0.3, 0.4) is 0 Å². The van der Waals surface area contributed by atoms with Crippen molar-refractivity contribution in [3.8, 4) is 0 Å². The number of methoxy groups -OCH3 is 1. The molecule has 1 fully saturated rings. The number of hydrogen-bond acceptors (Lipinski definition) is 3. The molecule has 0 atom stereocenters. The molecule has 1 saturated carbocycles. The highest BCUT2D eigenvalue weighted by Crippen LogP contribution is 2.28. The molecule has 0 radical (unpaired) electrons. The van der Waals surface area contributed by atoms with Crippen LogP contribution in [0.2, 0.25) is 0 Å². The number of ether oxygens (including phenoxy) is 1. The summed E-state index contributed by atoms with van der Waals surface area (Å²) in [5, 5.41) is 3.08. The van der Waals surface area contributed by atoms with Crippen molar-refractivity contribution < 1.29 is 9.53 Å². The lowest BCUT2D eigenvalue weighted by Gasteiger charge is -2.38. The quantitative estimate of drug-likeness (QED) is 0.714. The lowest BCUT2D eigenvalue weighted by atomic mass is 9.80. The first-order valence-electron chi connectivity index (χ1n) is 6.15. The van der Waals surface area contributed by atoms with Crippen molar-refractivity contribution in [1.82, 2.24) is 5.32 Å². The predicted molar refractivity (Wildman–Crippen MR) is 64.0 cm³/mol. The van der Waals surface area contributed by atoms with Crippen molar-refractivity contribution in [2.45, 2.75) is 51.7 Å². The Bertz CT molecular complexity index is 225. The fourth-order valence-corrected chi connectivity index (χ4v) is 2.17. The van der Waals surface area contributed by atoms with Gasteiger partial charge in [-0.05, 0) is 25.7 Å². The van der Waals surface area contributed by atoms with E-state index in [-0.39, 0.29) is 17.4 Å². The molecule has 0 heterocycles. The van der Waals surface area contributed by atoms with Crippen molar-refractivity contribution in [3.63, 3.8) is 0 Å². The van der Waals surface area contributed by atoms with Crippen LogP contribution >= 0.6 is 0 Å². The zero-order valence-corrected chi connectivity index (χ0v) is 10.6. The Kier molecular flexibility index (Phi) is 4.74. The second-order valence-corrected chi connectivity index (χ2v) is 4.69. The highest BCUT2D eigenvalue weighted by molar-refractivity contribution is 5.83. The second-order valence-electron chi connectivity index (χ2n) is 4.69. The molecule has 3 N–H and O–H groups in total. The summed E-state index contributed by atoms with van der Waals surface area (Å²) in [6.07, 6.45) is 3.77. The molecule has 4 nitrogen and oxygen atoms in total. The van der Waals surface area contributed by atoms with E-state index in [1.165, 1.54) is 0 Å². The minimum absolute atomic E-state index is 0.111. The first-order valence-corrected chi connectivity index (χ1v) is 6.15. The Hall–Kier alpha value is -0.610. The molecule has 0 unspecified atom stereocenters. The molecular weight excluding hydrogens is 204 g/mol. The Morgan fingerprint density at radius 3 is 2.38 bits per heavy atom. The van der Waals surface area contributed by atoms with Gasteiger partial charge in [-0.15, -0.1) is 0 Å². The normalized spacial score (nSPS) is 25.0. The fraction of sp³-hybridized carbons (Fsp3) is 0.917. The van der Waals surface area contributed by atoms with Gasteiger partial charge in [0.15, 0.2) is 0 Å². The van der Waals surface area contributed by atoms with E-state index in [0.717, 1.165) is 25.7 Å². The van der Waals surface area contributed by atoms with Gasteiger partial charge in [-0.3, -0.25) is 4.79 Å². The topological polar surface area (TPSA) is 64.4 Å². The first-order chi connectivity index (χ1) is 7.61. The zero-order chi connectivity index (χ0) is 12.2. The fourth-order valence-electron chi connectivity index (χ4n) is 2.17. The number of carbonyl (C=O) groups excluding carboxylic acids is 1. The summed E-state index contributed by atoms with van der Waals surface area (Å²) in [6.45, 7) is 4.47. The van der Waals surface area contributed by atoms with Gasteiger partial charge >= 0.3 is 0 Å². The highest BCUT2D eigenvalue weighted by atomic mass is 16.5. The van der Waals surface area contributed by atoms with E-state index in [9.17, 15) is 4.79 Å². The van der Waals surface area contributed by atoms with Gasteiger partial charge in [-0.2, -0.15) is 0 Å². The molecule has 16 heavy (non-hydrogen) atoms. The van der Waals surface area contributed by atoms with Crippen LogP contribution in [-0.4, -0.2) is 31.7 Å². The summed E-state index contributed by atoms with van der Waals surface area (Å²) in [4.78, 5) is 12.1. The van der Waals surface area contributed by atoms with E-state index in [4.69, 9.17) is 10.5 Å². The van der Waals surface area contributed by atoms with Crippen LogP contribution in [0, 0.1) is 5.41 Å². The van der Waals surface area contributed by atoms with Crippen molar-refractivity contribution in [2.24, 2.45) is 11.1 Å². The van der Waals surface area contributed by atoms with Gasteiger partial charge in [-0.1, -0.05) is 13.8 Å². The molecule has 0 aromatic heterocycles. The molecule has 0 aliphatic heterocycles. The van der Waals surface area contributed by atoms with E-state index < -0.39 is 0 Å². The van der Waals surface area contributed by atoms with Crippen molar-refractivity contribution in [1.29, 1.82) is 0 Å². The van der Waals surface area contributed by atoms with Gasteiger partial charge in [0.05, 0.1) is 11.5 Å². The van der Waals surface area contributed by atoms with Gasteiger partial charge in [0.1, 0.15) is 0 Å². The summed E-state index contributed by atoms with van der Waals surface area (Å²) < 4.78 is 5.19. The van der Waals surface area contributed by atoms with Gasteiger partial charge in [0, 0.05) is 19.7 Å². The molecule has 1 amide bonds. The molecule has 1 aliphatic carbocycles. The number of hydrogen-bond donors (Lipinski definition) is 2. The molecule has 0 bridgehead atoms. The van der Waals surface area contributed by atoms with Crippen molar-refractivity contribution >= 4 is 5.91 Å². The molecule has 0 saturated heterocycles. The van der Waals surface area contributed by atoms with Crippen LogP contribution in [0.25, 0.3) is 0 Å². The molecule has 1 rings (SSSR count). The van der Waals surface area contributed by atoms with E-state index in [2.05, 4.69) is 5.32 Å². The van der Waals surface area contributed by atoms with Crippen LogP contribution in [-0.2, 0) is 9.53 Å². The number of nitrogens with two attached hydrogens (primary N) is 1. The Labute approximate surface area is 97.9 Å². The van der Waals surface area contributed by atoms with Crippen LogP contribution in [0.5, 0.6) is 0 Å². The number of rotatable bonds is 6. The average Bonchev–Trinajstić information content (AvgIpc) is 2.26. The third-order valence-electron chi connectivity index (χ3n) is 3.99. The smallest absolute Gasteiger partial charge is 0.227 e. The van der Waals surface area contributed by atoms with Crippen molar-refractivity contribution in [3.05, 3.63) is 0 Å². The van der Waals surface area contributed by atoms with E-state index in [0.29, 0.717) is 12.6 Å². The number of nitrogens with one attached hydrogen (secondary N) is 1. The second kappa shape index (κ2) is 5.64. The van der Waals surface area contributed by atoms with Crippen LogP contribution in [0.4, 0.5) is 0 Å². The number of amides is 1.